The summed E-state index contributed by atoms with van der Waals surface area (Å²) < 4.78 is 32.8. The Morgan fingerprint density at radius 1 is 1.27 bits per heavy atom. The van der Waals surface area contributed by atoms with E-state index < -0.39 is 16.1 Å². The molecule has 2 N–H and O–H groups in total. The number of halogens is 1. The SMILES string of the molecule is Cc1ccc(NC(=O)C2CNCCO2)cc1S(=O)(=O)N1CCCCC1.Cl. The van der Waals surface area contributed by atoms with Crippen molar-refractivity contribution in [2.24, 2.45) is 0 Å². The summed E-state index contributed by atoms with van der Waals surface area (Å²) in [6.07, 6.45) is 2.29. The third-order valence-corrected chi connectivity index (χ3v) is 6.65. The highest BCUT2D eigenvalue weighted by Gasteiger charge is 2.28. The Morgan fingerprint density at radius 3 is 2.65 bits per heavy atom. The highest BCUT2D eigenvalue weighted by molar-refractivity contribution is 7.89. The number of carbonyl (C=O) groups is 1. The van der Waals surface area contributed by atoms with Gasteiger partial charge in [0.25, 0.3) is 5.91 Å². The topological polar surface area (TPSA) is 87.7 Å². The first-order valence-electron chi connectivity index (χ1n) is 8.72. The molecule has 0 spiro atoms. The number of aryl methyl sites for hydroxylation is 1. The summed E-state index contributed by atoms with van der Waals surface area (Å²) in [5.41, 5.74) is 1.15. The molecule has 9 heteroatoms. The number of morpholine rings is 1. The number of rotatable bonds is 4. The summed E-state index contributed by atoms with van der Waals surface area (Å²) in [4.78, 5) is 12.5. The fourth-order valence-electron chi connectivity index (χ4n) is 3.16. The van der Waals surface area contributed by atoms with E-state index in [4.69, 9.17) is 4.74 Å². The molecule has 2 fully saturated rings. The largest absolute Gasteiger partial charge is 0.366 e. The maximum absolute atomic E-state index is 12.9. The summed E-state index contributed by atoms with van der Waals surface area (Å²) in [5.74, 6) is -0.266. The van der Waals surface area contributed by atoms with Crippen LogP contribution in [0, 0.1) is 6.92 Å². The highest BCUT2D eigenvalue weighted by Crippen LogP contribution is 2.26. The third kappa shape index (κ3) is 4.75. The van der Waals surface area contributed by atoms with Crippen LogP contribution in [-0.4, -0.2) is 57.5 Å². The molecule has 0 bridgehead atoms. The number of nitrogens with zero attached hydrogens (tertiary/aromatic N) is 1. The van der Waals surface area contributed by atoms with Crippen LogP contribution in [0.25, 0.3) is 0 Å². The number of benzene rings is 1. The highest BCUT2D eigenvalue weighted by atomic mass is 35.5. The van der Waals surface area contributed by atoms with E-state index in [9.17, 15) is 13.2 Å². The van der Waals surface area contributed by atoms with Crippen LogP contribution in [0.2, 0.25) is 0 Å². The standard InChI is InChI=1S/C17H25N3O4S.ClH/c1-13-5-6-14(19-17(21)15-12-18-7-10-24-15)11-16(13)25(22,23)20-8-3-2-4-9-20;/h5-6,11,15,18H,2-4,7-10,12H2,1H3,(H,19,21);1H. The van der Waals surface area contributed by atoms with Crippen LogP contribution in [0.15, 0.2) is 23.1 Å². The molecule has 26 heavy (non-hydrogen) atoms. The van der Waals surface area contributed by atoms with Crippen molar-refractivity contribution in [3.05, 3.63) is 23.8 Å². The van der Waals surface area contributed by atoms with Gasteiger partial charge in [0, 0.05) is 31.9 Å². The molecule has 146 valence electrons. The van der Waals surface area contributed by atoms with Crippen LogP contribution in [0.1, 0.15) is 24.8 Å². The van der Waals surface area contributed by atoms with Gasteiger partial charge in [0.05, 0.1) is 11.5 Å². The summed E-state index contributed by atoms with van der Waals surface area (Å²) in [7, 11) is -3.54. The number of anilines is 1. The lowest BCUT2D eigenvalue weighted by Gasteiger charge is -2.27. The van der Waals surface area contributed by atoms with Gasteiger partial charge in [-0.3, -0.25) is 4.79 Å². The van der Waals surface area contributed by atoms with E-state index >= 15 is 0 Å². The molecule has 2 saturated heterocycles. The molecule has 1 unspecified atom stereocenters. The van der Waals surface area contributed by atoms with Crippen molar-refractivity contribution < 1.29 is 17.9 Å². The van der Waals surface area contributed by atoms with E-state index in [0.717, 1.165) is 25.8 Å². The van der Waals surface area contributed by atoms with Gasteiger partial charge < -0.3 is 15.4 Å². The van der Waals surface area contributed by atoms with Crippen LogP contribution in [0.3, 0.4) is 0 Å². The molecular weight excluding hydrogens is 378 g/mol. The molecule has 0 saturated carbocycles. The van der Waals surface area contributed by atoms with Gasteiger partial charge in [0.15, 0.2) is 0 Å². The average molecular weight is 404 g/mol. The Kier molecular flexibility index (Phi) is 7.42. The predicted molar refractivity (Wildman–Crippen MR) is 102 cm³/mol. The lowest BCUT2D eigenvalue weighted by Crippen LogP contribution is -2.45. The minimum Gasteiger partial charge on any atom is -0.366 e. The van der Waals surface area contributed by atoms with E-state index in [-0.39, 0.29) is 23.2 Å². The predicted octanol–water partition coefficient (Wildman–Crippen LogP) is 1.52. The molecule has 1 aromatic carbocycles. The van der Waals surface area contributed by atoms with E-state index in [1.54, 1.807) is 29.4 Å². The molecular formula is C17H26ClN3O4S. The fourth-order valence-corrected chi connectivity index (χ4v) is 4.92. The molecule has 2 heterocycles. The lowest BCUT2D eigenvalue weighted by molar-refractivity contribution is -0.128. The zero-order valence-electron chi connectivity index (χ0n) is 14.9. The number of amides is 1. The smallest absolute Gasteiger partial charge is 0.254 e. The summed E-state index contributed by atoms with van der Waals surface area (Å²) in [6, 6.07) is 5.00. The number of sulfonamides is 1. The quantitative estimate of drug-likeness (QED) is 0.795. The number of hydrogen-bond donors (Lipinski definition) is 2. The summed E-state index contributed by atoms with van der Waals surface area (Å²) in [6.45, 7) is 4.56. The lowest BCUT2D eigenvalue weighted by atomic mass is 10.2. The van der Waals surface area contributed by atoms with Gasteiger partial charge in [-0.15, -0.1) is 12.4 Å². The van der Waals surface area contributed by atoms with Crippen molar-refractivity contribution in [3.8, 4) is 0 Å². The van der Waals surface area contributed by atoms with Crippen molar-refractivity contribution in [1.82, 2.24) is 9.62 Å². The van der Waals surface area contributed by atoms with Crippen LogP contribution < -0.4 is 10.6 Å². The first-order valence-corrected chi connectivity index (χ1v) is 10.2. The van der Waals surface area contributed by atoms with Crippen molar-refractivity contribution in [2.75, 3.05) is 38.1 Å². The van der Waals surface area contributed by atoms with Crippen LogP contribution >= 0.6 is 12.4 Å². The Balaban J connectivity index is 0.00000243. The Bertz CT molecular complexity index is 730. The number of piperidine rings is 1. The summed E-state index contributed by atoms with van der Waals surface area (Å²) in [5, 5.41) is 5.87. The van der Waals surface area contributed by atoms with Crippen molar-refractivity contribution in [1.29, 1.82) is 0 Å². The number of nitrogens with one attached hydrogen (secondary N) is 2. The normalized spacial score (nSPS) is 21.7. The monoisotopic (exact) mass is 403 g/mol. The Labute approximate surface area is 160 Å². The summed E-state index contributed by atoms with van der Waals surface area (Å²) >= 11 is 0. The molecule has 1 atom stereocenters. The fraction of sp³-hybridized carbons (Fsp3) is 0.588. The molecule has 1 aromatic rings. The second-order valence-electron chi connectivity index (χ2n) is 6.50. The molecule has 3 rings (SSSR count). The van der Waals surface area contributed by atoms with Crippen molar-refractivity contribution >= 4 is 34.0 Å². The van der Waals surface area contributed by atoms with E-state index in [1.165, 1.54) is 0 Å². The molecule has 2 aliphatic rings. The second-order valence-corrected chi connectivity index (χ2v) is 8.40. The molecule has 0 aromatic heterocycles. The van der Waals surface area contributed by atoms with Crippen LogP contribution in [0.5, 0.6) is 0 Å². The second kappa shape index (κ2) is 9.14. The molecule has 0 aliphatic carbocycles. The van der Waals surface area contributed by atoms with Gasteiger partial charge in [-0.25, -0.2) is 8.42 Å². The Morgan fingerprint density at radius 2 is 2.00 bits per heavy atom. The minimum atomic E-state index is -3.54. The molecule has 0 radical (unpaired) electrons. The average Bonchev–Trinajstić information content (AvgIpc) is 2.64. The first kappa shape index (κ1) is 21.1. The zero-order valence-corrected chi connectivity index (χ0v) is 16.5. The van der Waals surface area contributed by atoms with Crippen molar-refractivity contribution in [3.63, 3.8) is 0 Å². The van der Waals surface area contributed by atoms with Gasteiger partial charge in [0.2, 0.25) is 10.0 Å². The Hall–Kier alpha value is -1.19. The molecule has 2 aliphatic heterocycles. The maximum atomic E-state index is 12.9. The van der Waals surface area contributed by atoms with Crippen LogP contribution in [-0.2, 0) is 19.6 Å². The van der Waals surface area contributed by atoms with E-state index in [0.29, 0.717) is 37.5 Å². The van der Waals surface area contributed by atoms with Crippen LogP contribution in [0.4, 0.5) is 5.69 Å². The van der Waals surface area contributed by atoms with Gasteiger partial charge >= 0.3 is 0 Å². The maximum Gasteiger partial charge on any atom is 0.254 e. The number of hydrogen-bond acceptors (Lipinski definition) is 5. The van der Waals surface area contributed by atoms with Gasteiger partial charge in [0.1, 0.15) is 6.10 Å². The van der Waals surface area contributed by atoms with Gasteiger partial charge in [-0.05, 0) is 37.5 Å². The molecule has 7 nitrogen and oxygen atoms in total. The minimum absolute atomic E-state index is 0. The van der Waals surface area contributed by atoms with Gasteiger partial charge in [-0.2, -0.15) is 4.31 Å². The number of carbonyl (C=O) groups excluding carboxylic acids is 1. The number of ether oxygens (including phenoxy) is 1. The van der Waals surface area contributed by atoms with E-state index in [1.807, 2.05) is 0 Å². The third-order valence-electron chi connectivity index (χ3n) is 4.61. The first-order chi connectivity index (χ1) is 12.0. The van der Waals surface area contributed by atoms with Crippen molar-refractivity contribution in [2.45, 2.75) is 37.2 Å². The zero-order chi connectivity index (χ0) is 17.9. The molecule has 1 amide bonds. The van der Waals surface area contributed by atoms with Gasteiger partial charge in [-0.1, -0.05) is 12.5 Å². The van der Waals surface area contributed by atoms with E-state index in [2.05, 4.69) is 10.6 Å².